The minimum Gasteiger partial charge on any atom is -0.396 e. The van der Waals surface area contributed by atoms with Crippen molar-refractivity contribution >= 4 is 11.6 Å². The number of likely N-dealkylation sites (tertiary alicyclic amines) is 1. The fraction of sp³-hybridized carbons (Fsp3) is 0.455. The number of aliphatic hydroxyl groups is 1. The minimum absolute atomic E-state index is 0.317. The van der Waals surface area contributed by atoms with Gasteiger partial charge in [-0.05, 0) is 17.7 Å². The van der Waals surface area contributed by atoms with Crippen LogP contribution in [-0.4, -0.2) is 29.7 Å². The van der Waals surface area contributed by atoms with E-state index < -0.39 is 0 Å². The minimum atomic E-state index is 0.317. The highest BCUT2D eigenvalue weighted by atomic mass is 35.5. The Morgan fingerprint density at radius 2 is 1.93 bits per heavy atom. The van der Waals surface area contributed by atoms with Gasteiger partial charge in [-0.1, -0.05) is 23.7 Å². The fourth-order valence-corrected chi connectivity index (χ4v) is 1.90. The SMILES string of the molecule is OCC1CN(Cc2ccc(Cl)cc2)C1. The van der Waals surface area contributed by atoms with Crippen LogP contribution >= 0.6 is 11.6 Å². The van der Waals surface area contributed by atoms with Gasteiger partial charge in [-0.2, -0.15) is 0 Å². The second kappa shape index (κ2) is 4.30. The second-order valence-electron chi connectivity index (χ2n) is 3.87. The maximum atomic E-state index is 8.86. The molecule has 0 aliphatic carbocycles. The lowest BCUT2D eigenvalue weighted by Gasteiger charge is -2.38. The van der Waals surface area contributed by atoms with Crippen molar-refractivity contribution < 1.29 is 5.11 Å². The Bertz CT molecular complexity index is 293. The second-order valence-corrected chi connectivity index (χ2v) is 4.31. The molecule has 0 radical (unpaired) electrons. The summed E-state index contributed by atoms with van der Waals surface area (Å²) in [5.41, 5.74) is 1.28. The summed E-state index contributed by atoms with van der Waals surface area (Å²) < 4.78 is 0. The van der Waals surface area contributed by atoms with Crippen LogP contribution in [0.4, 0.5) is 0 Å². The van der Waals surface area contributed by atoms with Crippen molar-refractivity contribution in [1.29, 1.82) is 0 Å². The third-order valence-corrected chi connectivity index (χ3v) is 2.86. The van der Waals surface area contributed by atoms with Crippen LogP contribution in [0.25, 0.3) is 0 Å². The van der Waals surface area contributed by atoms with Gasteiger partial charge < -0.3 is 5.11 Å². The predicted molar refractivity (Wildman–Crippen MR) is 57.3 cm³/mol. The van der Waals surface area contributed by atoms with E-state index in [0.29, 0.717) is 12.5 Å². The predicted octanol–water partition coefficient (Wildman–Crippen LogP) is 1.76. The molecule has 1 fully saturated rings. The normalized spacial score (nSPS) is 18.1. The van der Waals surface area contributed by atoms with Crippen molar-refractivity contribution in [3.63, 3.8) is 0 Å². The van der Waals surface area contributed by atoms with E-state index in [4.69, 9.17) is 16.7 Å². The smallest absolute Gasteiger partial charge is 0.0483 e. The Kier molecular flexibility index (Phi) is 3.06. The number of hydrogen-bond donors (Lipinski definition) is 1. The molecule has 76 valence electrons. The molecule has 2 rings (SSSR count). The Labute approximate surface area is 89.1 Å². The highest BCUT2D eigenvalue weighted by Crippen LogP contribution is 2.18. The van der Waals surface area contributed by atoms with E-state index in [2.05, 4.69) is 17.0 Å². The average Bonchev–Trinajstić information content (AvgIpc) is 2.13. The molecule has 0 unspecified atom stereocenters. The van der Waals surface area contributed by atoms with E-state index in [9.17, 15) is 0 Å². The van der Waals surface area contributed by atoms with Crippen LogP contribution in [0.15, 0.2) is 24.3 Å². The summed E-state index contributed by atoms with van der Waals surface area (Å²) >= 11 is 5.80. The molecule has 0 saturated carbocycles. The van der Waals surface area contributed by atoms with Crippen molar-refractivity contribution in [3.8, 4) is 0 Å². The summed E-state index contributed by atoms with van der Waals surface area (Å²) in [5, 5.41) is 9.65. The maximum Gasteiger partial charge on any atom is 0.0483 e. The third-order valence-electron chi connectivity index (χ3n) is 2.61. The molecule has 1 aliphatic heterocycles. The molecule has 0 aromatic heterocycles. The van der Waals surface area contributed by atoms with E-state index in [0.717, 1.165) is 24.7 Å². The molecule has 1 aliphatic rings. The summed E-state index contributed by atoms with van der Waals surface area (Å²) in [4.78, 5) is 2.32. The Morgan fingerprint density at radius 1 is 1.29 bits per heavy atom. The first-order valence-corrected chi connectivity index (χ1v) is 5.23. The van der Waals surface area contributed by atoms with Crippen LogP contribution < -0.4 is 0 Å². The number of halogens is 1. The van der Waals surface area contributed by atoms with Gasteiger partial charge in [0.1, 0.15) is 0 Å². The van der Waals surface area contributed by atoms with Gasteiger partial charge in [0.15, 0.2) is 0 Å². The lowest BCUT2D eigenvalue weighted by atomic mass is 10.0. The van der Waals surface area contributed by atoms with Crippen LogP contribution in [-0.2, 0) is 6.54 Å². The molecule has 3 heteroatoms. The van der Waals surface area contributed by atoms with Crippen molar-refractivity contribution in [2.24, 2.45) is 5.92 Å². The molecule has 1 heterocycles. The highest BCUT2D eigenvalue weighted by molar-refractivity contribution is 6.30. The summed E-state index contributed by atoms with van der Waals surface area (Å²) in [6.07, 6.45) is 0. The molecule has 0 atom stereocenters. The first-order chi connectivity index (χ1) is 6.78. The molecule has 1 saturated heterocycles. The van der Waals surface area contributed by atoms with E-state index in [-0.39, 0.29) is 0 Å². The van der Waals surface area contributed by atoms with Crippen molar-refractivity contribution in [2.75, 3.05) is 19.7 Å². The first-order valence-electron chi connectivity index (χ1n) is 4.85. The number of nitrogens with zero attached hydrogens (tertiary/aromatic N) is 1. The first kappa shape index (κ1) is 9.97. The topological polar surface area (TPSA) is 23.5 Å². The molecule has 2 nitrogen and oxygen atoms in total. The lowest BCUT2D eigenvalue weighted by Crippen LogP contribution is -2.47. The van der Waals surface area contributed by atoms with E-state index in [1.54, 1.807) is 0 Å². The van der Waals surface area contributed by atoms with Gasteiger partial charge in [0.25, 0.3) is 0 Å². The summed E-state index contributed by atoms with van der Waals surface area (Å²) in [6.45, 7) is 3.31. The molecular formula is C11H14ClNO. The van der Waals surface area contributed by atoms with Crippen molar-refractivity contribution in [3.05, 3.63) is 34.9 Å². The summed E-state index contributed by atoms with van der Waals surface area (Å²) in [7, 11) is 0. The summed E-state index contributed by atoms with van der Waals surface area (Å²) in [6, 6.07) is 7.93. The molecule has 1 aromatic carbocycles. The van der Waals surface area contributed by atoms with E-state index >= 15 is 0 Å². The van der Waals surface area contributed by atoms with Gasteiger partial charge in [-0.25, -0.2) is 0 Å². The largest absolute Gasteiger partial charge is 0.396 e. The number of hydrogen-bond acceptors (Lipinski definition) is 2. The number of benzene rings is 1. The van der Waals surface area contributed by atoms with Crippen LogP contribution in [0.1, 0.15) is 5.56 Å². The van der Waals surface area contributed by atoms with Gasteiger partial charge in [0, 0.05) is 37.2 Å². The molecule has 0 spiro atoms. The number of rotatable bonds is 3. The van der Waals surface area contributed by atoms with Crippen LogP contribution in [0, 0.1) is 5.92 Å². The molecule has 1 aromatic rings. The molecule has 0 bridgehead atoms. The number of aliphatic hydroxyl groups excluding tert-OH is 1. The molecule has 1 N–H and O–H groups in total. The van der Waals surface area contributed by atoms with E-state index in [1.165, 1.54) is 5.56 Å². The highest BCUT2D eigenvalue weighted by Gasteiger charge is 2.25. The Hall–Kier alpha value is -0.570. The van der Waals surface area contributed by atoms with Gasteiger partial charge in [0.05, 0.1) is 0 Å². The summed E-state index contributed by atoms with van der Waals surface area (Å²) in [5.74, 6) is 0.488. The van der Waals surface area contributed by atoms with Crippen LogP contribution in [0.2, 0.25) is 5.02 Å². The lowest BCUT2D eigenvalue weighted by molar-refractivity contribution is 0.0479. The Balaban J connectivity index is 1.84. The average molecular weight is 212 g/mol. The zero-order valence-corrected chi connectivity index (χ0v) is 8.74. The van der Waals surface area contributed by atoms with E-state index in [1.807, 2.05) is 12.1 Å². The third kappa shape index (κ3) is 2.27. The van der Waals surface area contributed by atoms with Crippen molar-refractivity contribution in [1.82, 2.24) is 4.90 Å². The monoisotopic (exact) mass is 211 g/mol. The molecule has 14 heavy (non-hydrogen) atoms. The fourth-order valence-electron chi connectivity index (χ4n) is 1.77. The maximum absolute atomic E-state index is 8.86. The molecule has 0 amide bonds. The quantitative estimate of drug-likeness (QED) is 0.824. The van der Waals surface area contributed by atoms with Gasteiger partial charge >= 0.3 is 0 Å². The van der Waals surface area contributed by atoms with Gasteiger partial charge in [0.2, 0.25) is 0 Å². The van der Waals surface area contributed by atoms with Crippen molar-refractivity contribution in [2.45, 2.75) is 6.54 Å². The van der Waals surface area contributed by atoms with Gasteiger partial charge in [-0.15, -0.1) is 0 Å². The Morgan fingerprint density at radius 3 is 2.50 bits per heavy atom. The zero-order chi connectivity index (χ0) is 9.97. The standard InChI is InChI=1S/C11H14ClNO/c12-11-3-1-9(2-4-11)5-13-6-10(7-13)8-14/h1-4,10,14H,5-8H2. The van der Waals surface area contributed by atoms with Crippen LogP contribution in [0.3, 0.4) is 0 Å². The van der Waals surface area contributed by atoms with Gasteiger partial charge in [-0.3, -0.25) is 4.90 Å². The zero-order valence-electron chi connectivity index (χ0n) is 7.99. The van der Waals surface area contributed by atoms with Crippen LogP contribution in [0.5, 0.6) is 0 Å². The molecular weight excluding hydrogens is 198 g/mol.